The average Bonchev–Trinajstić information content (AvgIpc) is 3.12. The molecule has 14 heteroatoms. The summed E-state index contributed by atoms with van der Waals surface area (Å²) in [7, 11) is 3.29. The molecule has 0 spiro atoms. The number of rotatable bonds is 20. The van der Waals surface area contributed by atoms with Crippen molar-refractivity contribution >= 4 is 51.1 Å². The largest absolute Gasteiger partial charge is 0.497 e. The van der Waals surface area contributed by atoms with Gasteiger partial charge in [-0.05, 0) is 76.6 Å². The van der Waals surface area contributed by atoms with E-state index in [1.54, 1.807) is 26.6 Å². The summed E-state index contributed by atoms with van der Waals surface area (Å²) in [6, 6.07) is 14.7. The Morgan fingerprint density at radius 3 is 1.80 bits per heavy atom. The Morgan fingerprint density at radius 2 is 1.29 bits per heavy atom. The molecule has 51 heavy (non-hydrogen) atoms. The molecule has 2 unspecified atom stereocenters. The number of aliphatic imine (C=N–C) groups is 1. The molecule has 0 radical (unpaired) electrons. The number of aromatic nitrogens is 2. The fraction of sp³-hybridized carbons (Fsp3) is 0.432. The van der Waals surface area contributed by atoms with E-state index < -0.39 is 12.1 Å². The fourth-order valence-electron chi connectivity index (χ4n) is 5.80. The highest BCUT2D eigenvalue weighted by Crippen LogP contribution is 2.29. The van der Waals surface area contributed by atoms with Crippen molar-refractivity contribution in [3.05, 3.63) is 60.9 Å². The predicted molar refractivity (Wildman–Crippen MR) is 204 cm³/mol. The number of amides is 3. The second kappa shape index (κ2) is 19.6. The molecule has 274 valence electrons. The summed E-state index contributed by atoms with van der Waals surface area (Å²) in [5, 5.41) is 17.7. The van der Waals surface area contributed by atoms with Crippen molar-refractivity contribution in [2.45, 2.75) is 70.5 Å². The number of urea groups is 1. The second-order valence-corrected chi connectivity index (χ2v) is 12.6. The number of carbonyl (C=O) groups excluding carboxylic acids is 2. The number of nitrogens with two attached hydrogens (primary N) is 2. The summed E-state index contributed by atoms with van der Waals surface area (Å²) in [4.78, 5) is 39.1. The molecule has 9 N–H and O–H groups in total. The number of guanidine groups is 1. The van der Waals surface area contributed by atoms with E-state index in [1.807, 2.05) is 48.5 Å². The molecule has 2 aromatic heterocycles. The third-order valence-corrected chi connectivity index (χ3v) is 8.41. The normalized spacial score (nSPS) is 12.7. The minimum Gasteiger partial charge on any atom is -0.497 e. The first-order valence-electron chi connectivity index (χ1n) is 17.4. The molecule has 0 saturated heterocycles. The number of carbonyl (C=O) groups is 2. The van der Waals surface area contributed by atoms with Gasteiger partial charge in [-0.15, -0.1) is 0 Å². The molecule has 4 aromatic rings. The van der Waals surface area contributed by atoms with Gasteiger partial charge < -0.3 is 47.5 Å². The van der Waals surface area contributed by atoms with Crippen LogP contribution in [0, 0.1) is 0 Å². The van der Waals surface area contributed by atoms with Gasteiger partial charge in [0.15, 0.2) is 5.96 Å². The maximum Gasteiger partial charge on any atom is 0.315 e. The lowest BCUT2D eigenvalue weighted by atomic mass is 10.1. The Balaban J connectivity index is 1.22. The monoisotopic (exact) mass is 700 g/mol. The van der Waals surface area contributed by atoms with Crippen molar-refractivity contribution in [3.63, 3.8) is 0 Å². The van der Waals surface area contributed by atoms with Crippen LogP contribution in [0.1, 0.15) is 52.4 Å². The molecule has 0 aliphatic heterocycles. The fourth-order valence-corrected chi connectivity index (χ4v) is 5.80. The Hall–Kier alpha value is -5.53. The number of hydrogen-bond donors (Lipinski definition) is 7. The molecule has 14 nitrogen and oxygen atoms in total. The molecule has 2 aromatic carbocycles. The van der Waals surface area contributed by atoms with Crippen molar-refractivity contribution in [2.75, 3.05) is 44.5 Å². The lowest BCUT2D eigenvalue weighted by molar-refractivity contribution is -0.123. The lowest BCUT2D eigenvalue weighted by Gasteiger charge is -2.20. The van der Waals surface area contributed by atoms with Crippen LogP contribution in [0.4, 0.5) is 16.2 Å². The van der Waals surface area contributed by atoms with Gasteiger partial charge in [-0.2, -0.15) is 0 Å². The molecule has 0 bridgehead atoms. The number of benzene rings is 2. The Labute approximate surface area is 299 Å². The van der Waals surface area contributed by atoms with Crippen molar-refractivity contribution in [3.8, 4) is 11.5 Å². The molecule has 0 fully saturated rings. The molecule has 2 heterocycles. The first kappa shape index (κ1) is 38.3. The standard InChI is InChI=1S/C37H52N10O4/c1-24(45-31-22-28(50-3)20-26-12-7-15-40-33(26)31)10-5-17-42-35(48)30(14-9-18-43-36(38)39)47-37(49)44-19-6-11-25(2)46-32-23-29(51-4)21-27-13-8-16-41-34(27)32/h7-8,12-13,15-16,20-25,30,45-46H,5-6,9-11,14,17-19H2,1-4H3,(H,42,48)(H4,38,39,43)(H2,44,47,49)/t24?,25?,30-/m0/s1. The zero-order valence-corrected chi connectivity index (χ0v) is 30.0. The average molecular weight is 701 g/mol. The van der Waals surface area contributed by atoms with Crippen molar-refractivity contribution < 1.29 is 19.1 Å². The Morgan fingerprint density at radius 1 is 0.765 bits per heavy atom. The molecule has 4 rings (SSSR count). The number of methoxy groups -OCH3 is 2. The molecular formula is C37H52N10O4. The molecule has 3 atom stereocenters. The van der Waals surface area contributed by atoms with Crippen LogP contribution in [0.3, 0.4) is 0 Å². The first-order chi connectivity index (χ1) is 24.7. The van der Waals surface area contributed by atoms with Crippen LogP contribution in [0.5, 0.6) is 11.5 Å². The van der Waals surface area contributed by atoms with Gasteiger partial charge in [0.25, 0.3) is 0 Å². The van der Waals surface area contributed by atoms with Crippen molar-refractivity contribution in [2.24, 2.45) is 16.5 Å². The first-order valence-corrected chi connectivity index (χ1v) is 17.4. The number of pyridine rings is 2. The summed E-state index contributed by atoms with van der Waals surface area (Å²) in [5.74, 6) is 1.24. The van der Waals surface area contributed by atoms with E-state index in [1.165, 1.54) is 0 Å². The Kier molecular flexibility index (Phi) is 14.7. The topological polar surface area (TPSA) is 203 Å². The smallest absolute Gasteiger partial charge is 0.315 e. The van der Waals surface area contributed by atoms with Gasteiger partial charge >= 0.3 is 6.03 Å². The van der Waals surface area contributed by atoms with Crippen LogP contribution in [-0.4, -0.2) is 79.8 Å². The van der Waals surface area contributed by atoms with Crippen LogP contribution in [-0.2, 0) is 4.79 Å². The summed E-state index contributed by atoms with van der Waals surface area (Å²) in [6.45, 7) is 5.43. The molecule has 0 saturated carbocycles. The van der Waals surface area contributed by atoms with E-state index in [4.69, 9.17) is 20.9 Å². The van der Waals surface area contributed by atoms with Gasteiger partial charge in [0, 0.05) is 67.0 Å². The number of nitrogens with one attached hydrogen (secondary N) is 5. The number of nitrogens with zero attached hydrogens (tertiary/aromatic N) is 3. The third kappa shape index (κ3) is 12.1. The minimum atomic E-state index is -0.738. The number of hydrogen-bond acceptors (Lipinski definition) is 9. The van der Waals surface area contributed by atoms with Gasteiger partial charge in [-0.1, -0.05) is 12.1 Å². The third-order valence-electron chi connectivity index (χ3n) is 8.41. The van der Waals surface area contributed by atoms with Crippen LogP contribution < -0.4 is 47.5 Å². The summed E-state index contributed by atoms with van der Waals surface area (Å²) >= 11 is 0. The highest BCUT2D eigenvalue weighted by molar-refractivity contribution is 5.93. The van der Waals surface area contributed by atoms with Crippen LogP contribution in [0.25, 0.3) is 21.8 Å². The van der Waals surface area contributed by atoms with E-state index in [2.05, 4.69) is 55.4 Å². The highest BCUT2D eigenvalue weighted by atomic mass is 16.5. The molecular weight excluding hydrogens is 648 g/mol. The van der Waals surface area contributed by atoms with Crippen molar-refractivity contribution in [1.82, 2.24) is 25.9 Å². The molecule has 0 aliphatic rings. The van der Waals surface area contributed by atoms with Gasteiger partial charge in [-0.25, -0.2) is 4.79 Å². The van der Waals surface area contributed by atoms with Crippen molar-refractivity contribution in [1.29, 1.82) is 0 Å². The van der Waals surface area contributed by atoms with Crippen LogP contribution in [0.2, 0.25) is 0 Å². The highest BCUT2D eigenvalue weighted by Gasteiger charge is 2.20. The van der Waals surface area contributed by atoms with E-state index in [9.17, 15) is 9.59 Å². The summed E-state index contributed by atoms with van der Waals surface area (Å²) in [5.41, 5.74) is 14.4. The maximum atomic E-state index is 13.2. The van der Waals surface area contributed by atoms with E-state index in [0.29, 0.717) is 32.5 Å². The zero-order valence-electron chi connectivity index (χ0n) is 30.0. The Bertz CT molecular complexity index is 1760. The zero-order chi connectivity index (χ0) is 36.6. The van der Waals surface area contributed by atoms with E-state index >= 15 is 0 Å². The quantitative estimate of drug-likeness (QED) is 0.0391. The second-order valence-electron chi connectivity index (χ2n) is 12.6. The summed E-state index contributed by atoms with van der Waals surface area (Å²) < 4.78 is 10.9. The number of ether oxygens (including phenoxy) is 2. The van der Waals surface area contributed by atoms with Gasteiger partial charge in [0.1, 0.15) is 17.5 Å². The van der Waals surface area contributed by atoms with Gasteiger partial charge in [-0.3, -0.25) is 19.8 Å². The SMILES string of the molecule is COc1cc(NC(C)CCCNC(=O)N[C@@H](CCCN=C(N)N)C(=O)NCCCC(C)Nc2cc(OC)cc3cccnc23)c2ncccc2c1. The predicted octanol–water partition coefficient (Wildman–Crippen LogP) is 4.50. The van der Waals surface area contributed by atoms with Crippen LogP contribution in [0.15, 0.2) is 65.9 Å². The maximum absolute atomic E-state index is 13.2. The number of anilines is 2. The van der Waals surface area contributed by atoms with Crippen LogP contribution >= 0.6 is 0 Å². The molecule has 0 aliphatic carbocycles. The summed E-state index contributed by atoms with van der Waals surface area (Å²) in [6.07, 6.45) is 7.50. The van der Waals surface area contributed by atoms with Gasteiger partial charge in [0.05, 0.1) is 36.6 Å². The molecule has 3 amide bonds. The minimum absolute atomic E-state index is 0.0123. The van der Waals surface area contributed by atoms with E-state index in [0.717, 1.165) is 70.4 Å². The lowest BCUT2D eigenvalue weighted by Crippen LogP contribution is -2.50. The van der Waals surface area contributed by atoms with Gasteiger partial charge in [0.2, 0.25) is 5.91 Å². The number of fused-ring (bicyclic) bond motifs is 2. The van der Waals surface area contributed by atoms with E-state index in [-0.39, 0.29) is 24.0 Å².